The van der Waals surface area contributed by atoms with Crippen LogP contribution in [0.3, 0.4) is 0 Å². The number of piperazine rings is 1. The number of hydrogen-bond acceptors (Lipinski definition) is 7. The first-order valence-corrected chi connectivity index (χ1v) is 10.0. The highest BCUT2D eigenvalue weighted by molar-refractivity contribution is 5.72. The number of pyridine rings is 2. The molecule has 0 amide bonds. The summed E-state index contributed by atoms with van der Waals surface area (Å²) in [6.07, 6.45) is -0.899. The number of aromatic amines is 1. The lowest BCUT2D eigenvalue weighted by Gasteiger charge is -2.41. The molecule has 11 heteroatoms. The summed E-state index contributed by atoms with van der Waals surface area (Å²) in [4.78, 5) is 30.9. The third kappa shape index (κ3) is 7.72. The quantitative estimate of drug-likeness (QED) is 0.467. The van der Waals surface area contributed by atoms with Crippen molar-refractivity contribution in [2.24, 2.45) is 0 Å². The number of halogens is 3. The number of aliphatic hydroxyl groups is 1. The van der Waals surface area contributed by atoms with E-state index in [0.29, 0.717) is 24.2 Å². The number of anilines is 2. The Hall–Kier alpha value is -3.18. The minimum absolute atomic E-state index is 0.145. The van der Waals surface area contributed by atoms with Crippen LogP contribution in [-0.4, -0.2) is 79.3 Å². The number of aliphatic hydroxyl groups excluding tert-OH is 1. The lowest BCUT2D eigenvalue weighted by molar-refractivity contribution is -0.155. The molecule has 0 bridgehead atoms. The molecule has 0 saturated carbocycles. The molecule has 1 fully saturated rings. The van der Waals surface area contributed by atoms with E-state index in [0.717, 1.165) is 18.2 Å². The smallest absolute Gasteiger partial charge is 0.400 e. The number of alkyl halides is 3. The molecule has 182 valence electrons. The normalized spacial score (nSPS) is 16.0. The van der Waals surface area contributed by atoms with Crippen molar-refractivity contribution >= 4 is 17.9 Å². The molecule has 3 N–H and O–H groups in total. The first-order chi connectivity index (χ1) is 15.6. The van der Waals surface area contributed by atoms with Crippen LogP contribution >= 0.6 is 0 Å². The predicted octanol–water partition coefficient (Wildman–Crippen LogP) is 2.45. The average molecular weight is 470 g/mol. The Balaban J connectivity index is 0.000000820. The number of likely N-dealkylation sites (N-methyl/N-ethyl adjacent to an activating group) is 1. The summed E-state index contributed by atoms with van der Waals surface area (Å²) in [6.45, 7) is 5.47. The molecule has 0 aliphatic carbocycles. The average Bonchev–Trinajstić information content (AvgIpc) is 2.80. The molecule has 1 unspecified atom stereocenters. The van der Waals surface area contributed by atoms with Crippen LogP contribution in [-0.2, 0) is 4.79 Å². The molecule has 2 aromatic heterocycles. The second kappa shape index (κ2) is 12.8. The van der Waals surface area contributed by atoms with E-state index in [1.807, 2.05) is 6.92 Å². The van der Waals surface area contributed by atoms with E-state index in [1.54, 1.807) is 37.3 Å². The fourth-order valence-corrected chi connectivity index (χ4v) is 3.30. The van der Waals surface area contributed by atoms with Crippen molar-refractivity contribution in [3.8, 4) is 11.1 Å². The van der Waals surface area contributed by atoms with Gasteiger partial charge in [0.2, 0.25) is 5.56 Å². The molecule has 0 spiro atoms. The summed E-state index contributed by atoms with van der Waals surface area (Å²) in [7, 11) is 4.39. The molecule has 1 aliphatic rings. The van der Waals surface area contributed by atoms with Crippen molar-refractivity contribution in [3.05, 3.63) is 53.0 Å². The summed E-state index contributed by atoms with van der Waals surface area (Å²) in [5.41, 5.74) is 1.70. The molecule has 3 heterocycles. The van der Waals surface area contributed by atoms with Gasteiger partial charge in [-0.1, -0.05) is 6.58 Å². The number of carbonyl (C=O) groups is 1. The second-order valence-corrected chi connectivity index (χ2v) is 7.14. The van der Waals surface area contributed by atoms with Crippen LogP contribution in [0.1, 0.15) is 5.56 Å². The van der Waals surface area contributed by atoms with E-state index in [2.05, 4.69) is 21.9 Å². The third-order valence-corrected chi connectivity index (χ3v) is 4.87. The van der Waals surface area contributed by atoms with Crippen molar-refractivity contribution in [3.63, 3.8) is 0 Å². The van der Waals surface area contributed by atoms with Crippen LogP contribution in [0.4, 0.5) is 24.8 Å². The van der Waals surface area contributed by atoms with Crippen LogP contribution in [0.25, 0.3) is 11.1 Å². The monoisotopic (exact) mass is 469 g/mol. The molecule has 33 heavy (non-hydrogen) atoms. The van der Waals surface area contributed by atoms with Gasteiger partial charge < -0.3 is 25.2 Å². The minimum atomic E-state index is -4.40. The number of aryl methyl sites for hydroxylation is 1. The topological polar surface area (TPSA) is 102 Å². The maximum atomic E-state index is 13.6. The molecule has 3 rings (SSSR count). The van der Waals surface area contributed by atoms with Crippen LogP contribution in [0.5, 0.6) is 0 Å². The Morgan fingerprint density at radius 1 is 1.27 bits per heavy atom. The van der Waals surface area contributed by atoms with E-state index < -0.39 is 17.8 Å². The van der Waals surface area contributed by atoms with Crippen LogP contribution in [0.15, 0.2) is 41.8 Å². The molecule has 1 saturated heterocycles. The van der Waals surface area contributed by atoms with E-state index >= 15 is 0 Å². The molecule has 2 aromatic rings. The first-order valence-electron chi connectivity index (χ1n) is 10.0. The van der Waals surface area contributed by atoms with Gasteiger partial charge in [-0.2, -0.15) is 13.2 Å². The summed E-state index contributed by atoms with van der Waals surface area (Å²) >= 11 is 0. The van der Waals surface area contributed by atoms with Gasteiger partial charge in [0.15, 0.2) is 0 Å². The van der Waals surface area contributed by atoms with Crippen molar-refractivity contribution < 1.29 is 23.1 Å². The van der Waals surface area contributed by atoms with Gasteiger partial charge in [-0.25, -0.2) is 4.98 Å². The predicted molar refractivity (Wildman–Crippen MR) is 124 cm³/mol. The molecule has 1 atom stereocenters. The number of aldehydes is 1. The Morgan fingerprint density at radius 3 is 2.45 bits per heavy atom. The van der Waals surface area contributed by atoms with Gasteiger partial charge in [-0.15, -0.1) is 0 Å². The standard InChI is InChI=1S/C18H22F3N5O.C3H4O.CH4O/c1-11-9-23-15(22-2)8-13(11)12-6-16(24-17(27)7-12)26-5-4-25(3)10-14(26)18(19,20)21;1-2-3-4;1-2/h6-9,14H,4-5,10H2,1-3H3,(H,22,23)(H,24,27);2-3H,1H2;2H,1H3. The summed E-state index contributed by atoms with van der Waals surface area (Å²) < 4.78 is 40.7. The highest BCUT2D eigenvalue weighted by Crippen LogP contribution is 2.32. The summed E-state index contributed by atoms with van der Waals surface area (Å²) in [5, 5.41) is 9.93. The lowest BCUT2D eigenvalue weighted by atomic mass is 10.0. The van der Waals surface area contributed by atoms with Crippen molar-refractivity contribution in [2.75, 3.05) is 51.1 Å². The fourth-order valence-electron chi connectivity index (χ4n) is 3.30. The molecule has 0 aromatic carbocycles. The van der Waals surface area contributed by atoms with Crippen LogP contribution < -0.4 is 15.8 Å². The molecule has 8 nitrogen and oxygen atoms in total. The lowest BCUT2D eigenvalue weighted by Crippen LogP contribution is -2.58. The summed E-state index contributed by atoms with van der Waals surface area (Å²) in [6, 6.07) is 3.10. The molecule has 0 radical (unpaired) electrons. The number of aromatic nitrogens is 2. The number of rotatable bonds is 4. The van der Waals surface area contributed by atoms with Crippen molar-refractivity contribution in [1.29, 1.82) is 0 Å². The van der Waals surface area contributed by atoms with Crippen molar-refractivity contribution in [1.82, 2.24) is 14.9 Å². The number of allylic oxidation sites excluding steroid dienone is 1. The van der Waals surface area contributed by atoms with Crippen LogP contribution in [0, 0.1) is 6.92 Å². The van der Waals surface area contributed by atoms with Gasteiger partial charge >= 0.3 is 6.18 Å². The number of nitrogens with zero attached hydrogens (tertiary/aromatic N) is 3. The van der Waals surface area contributed by atoms with Gasteiger partial charge in [0.1, 0.15) is 24.0 Å². The summed E-state index contributed by atoms with van der Waals surface area (Å²) in [5.74, 6) is 0.792. The minimum Gasteiger partial charge on any atom is -0.400 e. The Bertz CT molecular complexity index is 972. The fraction of sp³-hybridized carbons (Fsp3) is 0.409. The zero-order valence-electron chi connectivity index (χ0n) is 19.1. The number of H-pyrrole nitrogens is 1. The Morgan fingerprint density at radius 2 is 1.91 bits per heavy atom. The Kier molecular flexibility index (Phi) is 10.8. The largest absolute Gasteiger partial charge is 0.410 e. The molecule has 1 aliphatic heterocycles. The van der Waals surface area contributed by atoms with Crippen molar-refractivity contribution in [2.45, 2.75) is 19.1 Å². The highest BCUT2D eigenvalue weighted by atomic mass is 19.4. The Labute approximate surface area is 190 Å². The third-order valence-electron chi connectivity index (χ3n) is 4.87. The van der Waals surface area contributed by atoms with Gasteiger partial charge in [-0.3, -0.25) is 9.59 Å². The number of hydrogen-bond donors (Lipinski definition) is 3. The second-order valence-electron chi connectivity index (χ2n) is 7.14. The number of nitrogens with one attached hydrogen (secondary N) is 2. The van der Waals surface area contributed by atoms with Gasteiger partial charge in [0.25, 0.3) is 0 Å². The zero-order chi connectivity index (χ0) is 25.2. The maximum absolute atomic E-state index is 13.6. The zero-order valence-corrected chi connectivity index (χ0v) is 19.1. The number of carbonyl (C=O) groups excluding carboxylic acids is 1. The molecular formula is C22H30F3N5O3. The first kappa shape index (κ1) is 27.9. The molecular weight excluding hydrogens is 439 g/mol. The van der Waals surface area contributed by atoms with E-state index in [1.165, 1.54) is 17.0 Å². The van der Waals surface area contributed by atoms with Gasteiger partial charge in [-0.05, 0) is 48.9 Å². The maximum Gasteiger partial charge on any atom is 0.410 e. The highest BCUT2D eigenvalue weighted by Gasteiger charge is 2.46. The SMILES string of the molecule is C=CC=O.CNc1cc(-c2cc(N3CCN(C)CC3C(F)(F)F)[nH]c(=O)c2)c(C)cn1.CO. The van der Waals surface area contributed by atoms with E-state index in [-0.39, 0.29) is 18.9 Å². The van der Waals surface area contributed by atoms with E-state index in [4.69, 9.17) is 9.90 Å². The van der Waals surface area contributed by atoms with Crippen LogP contribution in [0.2, 0.25) is 0 Å². The van der Waals surface area contributed by atoms with Gasteiger partial charge in [0.05, 0.1) is 0 Å². The van der Waals surface area contributed by atoms with E-state index in [9.17, 15) is 18.0 Å². The van der Waals surface area contributed by atoms with Gasteiger partial charge in [0, 0.05) is 46.1 Å².